The van der Waals surface area contributed by atoms with Gasteiger partial charge in [0.2, 0.25) is 0 Å². The molecule has 0 bridgehead atoms. The summed E-state index contributed by atoms with van der Waals surface area (Å²) in [7, 11) is 3.72. The highest BCUT2D eigenvalue weighted by Gasteiger charge is 2.32. The maximum atomic E-state index is 11.3. The minimum atomic E-state index is 0.157. The lowest BCUT2D eigenvalue weighted by atomic mass is 10.1. The Labute approximate surface area is 68.0 Å². The van der Waals surface area contributed by atoms with E-state index in [1.54, 1.807) is 7.05 Å². The van der Waals surface area contributed by atoms with Gasteiger partial charge >= 0.3 is 6.03 Å². The summed E-state index contributed by atoms with van der Waals surface area (Å²) in [6.07, 6.45) is 3.65. The van der Waals surface area contributed by atoms with Crippen molar-refractivity contribution >= 4 is 6.03 Å². The molecule has 0 saturated carbocycles. The molecule has 1 aliphatic rings. The minimum Gasteiger partial charge on any atom is -0.309 e. The average Bonchev–Trinajstić information content (AvgIpc) is 2.04. The Morgan fingerprint density at radius 2 is 1.82 bits per heavy atom. The van der Waals surface area contributed by atoms with Crippen LogP contribution < -0.4 is 5.32 Å². The molecule has 1 heterocycles. The van der Waals surface area contributed by atoms with Crippen molar-refractivity contribution in [1.29, 1.82) is 0 Å². The molecule has 0 unspecified atom stereocenters. The van der Waals surface area contributed by atoms with Crippen molar-refractivity contribution < 1.29 is 9.28 Å². The molecule has 0 atom stereocenters. The number of quaternary nitrogens is 1. The molecule has 0 aromatic rings. The van der Waals surface area contributed by atoms with Crippen molar-refractivity contribution in [2.24, 2.45) is 0 Å². The van der Waals surface area contributed by atoms with Gasteiger partial charge in [0.15, 0.2) is 0 Å². The highest BCUT2D eigenvalue weighted by molar-refractivity contribution is 5.66. The fourth-order valence-corrected chi connectivity index (χ4v) is 1.68. The van der Waals surface area contributed by atoms with Gasteiger partial charge in [-0.1, -0.05) is 0 Å². The highest BCUT2D eigenvalue weighted by atomic mass is 16.2. The van der Waals surface area contributed by atoms with E-state index in [0.29, 0.717) is 4.48 Å². The Bertz CT molecular complexity index is 150. The van der Waals surface area contributed by atoms with E-state index in [1.165, 1.54) is 19.3 Å². The molecule has 1 fully saturated rings. The van der Waals surface area contributed by atoms with Crippen molar-refractivity contribution in [1.82, 2.24) is 5.32 Å². The topological polar surface area (TPSA) is 29.1 Å². The first kappa shape index (κ1) is 8.53. The number of urea groups is 1. The average molecular weight is 157 g/mol. The van der Waals surface area contributed by atoms with Crippen LogP contribution in [0.4, 0.5) is 4.79 Å². The lowest BCUT2D eigenvalue weighted by Crippen LogP contribution is -2.56. The van der Waals surface area contributed by atoms with Gasteiger partial charge < -0.3 is 5.32 Å². The zero-order chi connectivity index (χ0) is 8.32. The molecule has 0 radical (unpaired) electrons. The summed E-state index contributed by atoms with van der Waals surface area (Å²) >= 11 is 0. The van der Waals surface area contributed by atoms with Crippen LogP contribution in [-0.2, 0) is 0 Å². The van der Waals surface area contributed by atoms with E-state index in [-0.39, 0.29) is 6.03 Å². The molecule has 11 heavy (non-hydrogen) atoms. The number of amides is 2. The van der Waals surface area contributed by atoms with Crippen LogP contribution in [0.1, 0.15) is 19.3 Å². The van der Waals surface area contributed by atoms with E-state index in [4.69, 9.17) is 0 Å². The minimum absolute atomic E-state index is 0.157. The van der Waals surface area contributed by atoms with Gasteiger partial charge in [0.05, 0.1) is 20.1 Å². The Morgan fingerprint density at radius 3 is 2.27 bits per heavy atom. The number of nitrogens with one attached hydrogen (secondary N) is 1. The molecule has 1 aliphatic heterocycles. The number of piperidine rings is 1. The molecule has 0 aliphatic carbocycles. The second kappa shape index (κ2) is 3.22. The van der Waals surface area contributed by atoms with E-state index < -0.39 is 0 Å². The third kappa shape index (κ3) is 1.71. The second-order valence-electron chi connectivity index (χ2n) is 3.46. The Kier molecular flexibility index (Phi) is 2.49. The predicted molar refractivity (Wildman–Crippen MR) is 44.2 cm³/mol. The van der Waals surface area contributed by atoms with Crippen molar-refractivity contribution in [3.05, 3.63) is 0 Å². The summed E-state index contributed by atoms with van der Waals surface area (Å²) in [5.74, 6) is 0. The maximum Gasteiger partial charge on any atom is 0.416 e. The maximum absolute atomic E-state index is 11.3. The van der Waals surface area contributed by atoms with Gasteiger partial charge in [0.25, 0.3) is 0 Å². The fraction of sp³-hybridized carbons (Fsp3) is 0.875. The van der Waals surface area contributed by atoms with Gasteiger partial charge in [0.1, 0.15) is 0 Å². The van der Waals surface area contributed by atoms with E-state index in [1.807, 2.05) is 7.05 Å². The molecule has 1 rings (SSSR count). The number of rotatable bonds is 0. The van der Waals surface area contributed by atoms with Crippen molar-refractivity contribution in [2.75, 3.05) is 27.2 Å². The number of likely N-dealkylation sites (tertiary alicyclic amines) is 1. The normalized spacial score (nSPS) is 22.7. The Balaban J connectivity index is 2.56. The zero-order valence-electron chi connectivity index (χ0n) is 7.39. The van der Waals surface area contributed by atoms with Gasteiger partial charge in [-0.15, -0.1) is 0 Å². The van der Waals surface area contributed by atoms with Crippen LogP contribution in [0.15, 0.2) is 0 Å². The summed E-state index contributed by atoms with van der Waals surface area (Å²) in [4.78, 5) is 11.3. The van der Waals surface area contributed by atoms with Crippen LogP contribution in [0.5, 0.6) is 0 Å². The molecule has 64 valence electrons. The van der Waals surface area contributed by atoms with E-state index in [2.05, 4.69) is 5.32 Å². The number of nitrogens with zero attached hydrogens (tertiary/aromatic N) is 1. The van der Waals surface area contributed by atoms with Crippen LogP contribution in [0.3, 0.4) is 0 Å². The zero-order valence-corrected chi connectivity index (χ0v) is 7.39. The monoisotopic (exact) mass is 157 g/mol. The Morgan fingerprint density at radius 1 is 1.27 bits per heavy atom. The molecule has 3 heteroatoms. The first-order valence-corrected chi connectivity index (χ1v) is 4.26. The molecule has 0 spiro atoms. The lowest BCUT2D eigenvalue weighted by molar-refractivity contribution is -0.835. The summed E-state index contributed by atoms with van der Waals surface area (Å²) in [6.45, 7) is 2.00. The molecule has 0 aromatic heterocycles. The molecule has 3 nitrogen and oxygen atoms in total. The van der Waals surface area contributed by atoms with Gasteiger partial charge in [-0.25, -0.2) is 9.28 Å². The number of hydrogen-bond donors (Lipinski definition) is 1. The largest absolute Gasteiger partial charge is 0.416 e. The smallest absolute Gasteiger partial charge is 0.309 e. The molecule has 2 amide bonds. The fourth-order valence-electron chi connectivity index (χ4n) is 1.68. The molecular weight excluding hydrogens is 140 g/mol. The molecular formula is C8H17N2O+. The van der Waals surface area contributed by atoms with Gasteiger partial charge in [-0.05, 0) is 19.3 Å². The van der Waals surface area contributed by atoms with Crippen LogP contribution >= 0.6 is 0 Å². The van der Waals surface area contributed by atoms with Crippen LogP contribution in [0.2, 0.25) is 0 Å². The van der Waals surface area contributed by atoms with E-state index >= 15 is 0 Å². The van der Waals surface area contributed by atoms with Gasteiger partial charge in [0, 0.05) is 7.05 Å². The van der Waals surface area contributed by atoms with Crippen molar-refractivity contribution in [3.63, 3.8) is 0 Å². The van der Waals surface area contributed by atoms with Crippen LogP contribution in [-0.4, -0.2) is 37.7 Å². The van der Waals surface area contributed by atoms with E-state index in [0.717, 1.165) is 13.1 Å². The van der Waals surface area contributed by atoms with Crippen molar-refractivity contribution in [3.8, 4) is 0 Å². The highest BCUT2D eigenvalue weighted by Crippen LogP contribution is 2.15. The number of hydrogen-bond acceptors (Lipinski definition) is 1. The first-order chi connectivity index (χ1) is 5.19. The third-order valence-corrected chi connectivity index (χ3v) is 2.51. The van der Waals surface area contributed by atoms with Crippen molar-refractivity contribution in [2.45, 2.75) is 19.3 Å². The third-order valence-electron chi connectivity index (χ3n) is 2.51. The van der Waals surface area contributed by atoms with E-state index in [9.17, 15) is 4.79 Å². The standard InChI is InChI=1S/C8H16N2O/c1-9-8(11)10(2)6-4-3-5-7-10/h3-7H2,1-2H3/p+1. The quantitative estimate of drug-likeness (QED) is 0.521. The summed E-state index contributed by atoms with van der Waals surface area (Å²) in [5.41, 5.74) is 0. The lowest BCUT2D eigenvalue weighted by Gasteiger charge is -2.33. The number of carbonyl (C=O) groups is 1. The molecule has 1 saturated heterocycles. The summed E-state index contributed by atoms with van der Waals surface area (Å²) in [6, 6.07) is 0.157. The van der Waals surface area contributed by atoms with Crippen LogP contribution in [0.25, 0.3) is 0 Å². The predicted octanol–water partition coefficient (Wildman–Crippen LogP) is 0.956. The van der Waals surface area contributed by atoms with Gasteiger partial charge in [-0.3, -0.25) is 0 Å². The van der Waals surface area contributed by atoms with Crippen LogP contribution in [0, 0.1) is 0 Å². The first-order valence-electron chi connectivity index (χ1n) is 4.26. The SMILES string of the molecule is CNC(=O)[N+]1(C)CCCCC1. The molecule has 1 N–H and O–H groups in total. The Hall–Kier alpha value is -0.570. The number of carbonyl (C=O) groups excluding carboxylic acids is 1. The van der Waals surface area contributed by atoms with Gasteiger partial charge in [-0.2, -0.15) is 0 Å². The second-order valence-corrected chi connectivity index (χ2v) is 3.46. The summed E-state index contributed by atoms with van der Waals surface area (Å²) in [5, 5.41) is 2.71. The molecule has 0 aromatic carbocycles. The summed E-state index contributed by atoms with van der Waals surface area (Å²) < 4.78 is 0.580.